The van der Waals surface area contributed by atoms with Crippen LogP contribution in [-0.4, -0.2) is 38.8 Å². The maximum atomic E-state index is 4.97. The monoisotopic (exact) mass is 251 g/mol. The quantitative estimate of drug-likeness (QED) is 0.659. The normalized spacial score (nSPS) is 10.6. The van der Waals surface area contributed by atoms with Crippen LogP contribution >= 0.6 is 0 Å². The van der Waals surface area contributed by atoms with E-state index in [1.54, 1.807) is 7.11 Å². The van der Waals surface area contributed by atoms with Crippen molar-refractivity contribution in [2.45, 2.75) is 26.2 Å². The molecule has 4 heteroatoms. The van der Waals surface area contributed by atoms with Crippen LogP contribution in [0.2, 0.25) is 0 Å². The lowest BCUT2D eigenvalue weighted by Crippen LogP contribution is -2.20. The highest BCUT2D eigenvalue weighted by Gasteiger charge is 2.00. The highest BCUT2D eigenvalue weighted by molar-refractivity contribution is 5.43. The fourth-order valence-corrected chi connectivity index (χ4v) is 1.82. The van der Waals surface area contributed by atoms with Crippen LogP contribution in [0, 0.1) is 6.92 Å². The largest absolute Gasteiger partial charge is 0.383 e. The molecule has 102 valence electrons. The number of unbranched alkanes of at least 4 members (excludes halogenated alkanes) is 1. The highest BCUT2D eigenvalue weighted by atomic mass is 16.5. The van der Waals surface area contributed by atoms with Crippen molar-refractivity contribution >= 4 is 5.82 Å². The van der Waals surface area contributed by atoms with Gasteiger partial charge < -0.3 is 15.4 Å². The second kappa shape index (κ2) is 8.89. The van der Waals surface area contributed by atoms with Crippen molar-refractivity contribution < 1.29 is 4.74 Å². The molecule has 0 saturated carbocycles. The van der Waals surface area contributed by atoms with E-state index < -0.39 is 0 Å². The minimum Gasteiger partial charge on any atom is -0.383 e. The van der Waals surface area contributed by atoms with E-state index in [4.69, 9.17) is 4.74 Å². The van der Waals surface area contributed by atoms with Crippen molar-refractivity contribution in [1.29, 1.82) is 0 Å². The molecule has 4 nitrogen and oxygen atoms in total. The lowest BCUT2D eigenvalue weighted by molar-refractivity contribution is 0.199. The Morgan fingerprint density at radius 2 is 2.06 bits per heavy atom. The van der Waals surface area contributed by atoms with Gasteiger partial charge in [0.15, 0.2) is 0 Å². The molecule has 0 saturated heterocycles. The van der Waals surface area contributed by atoms with Crippen molar-refractivity contribution in [3.63, 3.8) is 0 Å². The third-order valence-corrected chi connectivity index (χ3v) is 2.91. The summed E-state index contributed by atoms with van der Waals surface area (Å²) in [6.45, 7) is 4.84. The average Bonchev–Trinajstić information content (AvgIpc) is 2.39. The molecule has 1 heterocycles. The highest BCUT2D eigenvalue weighted by Crippen LogP contribution is 2.12. The summed E-state index contributed by atoms with van der Waals surface area (Å²) in [7, 11) is 3.64. The average molecular weight is 251 g/mol. The van der Waals surface area contributed by atoms with Crippen LogP contribution in [0.25, 0.3) is 0 Å². The molecular formula is C14H25N3O. The zero-order chi connectivity index (χ0) is 13.2. The molecule has 0 aliphatic carbocycles. The van der Waals surface area contributed by atoms with Gasteiger partial charge in [0.05, 0.1) is 6.61 Å². The number of ether oxygens (including phenoxy) is 1. The van der Waals surface area contributed by atoms with E-state index in [-0.39, 0.29) is 0 Å². The van der Waals surface area contributed by atoms with Gasteiger partial charge in [-0.2, -0.15) is 0 Å². The van der Waals surface area contributed by atoms with Gasteiger partial charge in [0.1, 0.15) is 5.82 Å². The summed E-state index contributed by atoms with van der Waals surface area (Å²) < 4.78 is 4.97. The van der Waals surface area contributed by atoms with Gasteiger partial charge in [-0.3, -0.25) is 0 Å². The number of hydrogen-bond donors (Lipinski definition) is 2. The number of nitrogens with one attached hydrogen (secondary N) is 2. The van der Waals surface area contributed by atoms with E-state index in [1.807, 2.05) is 7.05 Å². The van der Waals surface area contributed by atoms with Gasteiger partial charge in [-0.25, -0.2) is 4.98 Å². The van der Waals surface area contributed by atoms with E-state index >= 15 is 0 Å². The first-order valence-corrected chi connectivity index (χ1v) is 6.62. The number of rotatable bonds is 9. The number of aromatic nitrogens is 1. The minimum absolute atomic E-state index is 0.783. The molecule has 0 radical (unpaired) electrons. The Labute approximate surface area is 110 Å². The second-order valence-corrected chi connectivity index (χ2v) is 4.42. The number of aryl methyl sites for hydroxylation is 2. The van der Waals surface area contributed by atoms with Crippen LogP contribution in [0.3, 0.4) is 0 Å². The molecule has 1 aromatic heterocycles. The molecule has 0 aliphatic rings. The molecule has 18 heavy (non-hydrogen) atoms. The number of pyridine rings is 1. The predicted molar refractivity (Wildman–Crippen MR) is 76.2 cm³/mol. The Kier molecular flexibility index (Phi) is 7.37. The number of anilines is 1. The van der Waals surface area contributed by atoms with Crippen molar-refractivity contribution in [3.8, 4) is 0 Å². The van der Waals surface area contributed by atoms with E-state index in [0.717, 1.165) is 31.9 Å². The third kappa shape index (κ3) is 5.47. The van der Waals surface area contributed by atoms with Gasteiger partial charge in [-0.05, 0) is 44.4 Å². The molecule has 1 rings (SSSR count). The molecule has 1 aromatic rings. The Balaban J connectivity index is 2.19. The number of nitrogens with zero attached hydrogens (tertiary/aromatic N) is 1. The summed E-state index contributed by atoms with van der Waals surface area (Å²) in [5, 5.41) is 6.47. The molecule has 0 amide bonds. The Morgan fingerprint density at radius 3 is 2.78 bits per heavy atom. The number of methoxy groups -OCH3 is 1. The van der Waals surface area contributed by atoms with Crippen molar-refractivity contribution in [1.82, 2.24) is 10.3 Å². The first-order valence-electron chi connectivity index (χ1n) is 6.62. The van der Waals surface area contributed by atoms with E-state index in [0.29, 0.717) is 0 Å². The molecule has 0 fully saturated rings. The lowest BCUT2D eigenvalue weighted by atomic mass is 10.1. The zero-order valence-corrected chi connectivity index (χ0v) is 11.8. The summed E-state index contributed by atoms with van der Waals surface area (Å²) in [5.41, 5.74) is 2.37. The van der Waals surface area contributed by atoms with Crippen LogP contribution in [0.1, 0.15) is 24.1 Å². The van der Waals surface area contributed by atoms with E-state index in [2.05, 4.69) is 34.7 Å². The fraction of sp³-hybridized carbons (Fsp3) is 0.643. The molecule has 0 spiro atoms. The van der Waals surface area contributed by atoms with Gasteiger partial charge in [-0.15, -0.1) is 0 Å². The first-order chi connectivity index (χ1) is 8.77. The predicted octanol–water partition coefficient (Wildman–Crippen LogP) is 1.99. The van der Waals surface area contributed by atoms with Crippen LogP contribution in [-0.2, 0) is 11.2 Å². The maximum Gasteiger partial charge on any atom is 0.128 e. The summed E-state index contributed by atoms with van der Waals surface area (Å²) in [4.78, 5) is 4.59. The molecule has 0 atom stereocenters. The SMILES string of the molecule is CNc1nc(CCCCNCCOC)ccc1C. The van der Waals surface area contributed by atoms with Crippen LogP contribution < -0.4 is 10.6 Å². The van der Waals surface area contributed by atoms with Gasteiger partial charge in [0.2, 0.25) is 0 Å². The van der Waals surface area contributed by atoms with Gasteiger partial charge in [0.25, 0.3) is 0 Å². The molecule has 0 unspecified atom stereocenters. The minimum atomic E-state index is 0.783. The van der Waals surface area contributed by atoms with Gasteiger partial charge in [0, 0.05) is 26.4 Å². The van der Waals surface area contributed by atoms with Crippen molar-refractivity contribution in [3.05, 3.63) is 23.4 Å². The van der Waals surface area contributed by atoms with Crippen LogP contribution in [0.15, 0.2) is 12.1 Å². The third-order valence-electron chi connectivity index (χ3n) is 2.91. The Morgan fingerprint density at radius 1 is 1.22 bits per heavy atom. The van der Waals surface area contributed by atoms with Crippen molar-refractivity contribution in [2.24, 2.45) is 0 Å². The number of hydrogen-bond acceptors (Lipinski definition) is 4. The molecular weight excluding hydrogens is 226 g/mol. The van der Waals surface area contributed by atoms with E-state index in [1.165, 1.54) is 24.1 Å². The standard InChI is InChI=1S/C14H25N3O/c1-12-7-8-13(17-14(12)15-2)6-4-5-9-16-10-11-18-3/h7-8,16H,4-6,9-11H2,1-3H3,(H,15,17). The topological polar surface area (TPSA) is 46.2 Å². The smallest absolute Gasteiger partial charge is 0.128 e. The summed E-state index contributed by atoms with van der Waals surface area (Å²) in [5.74, 6) is 0.991. The van der Waals surface area contributed by atoms with E-state index in [9.17, 15) is 0 Å². The molecule has 0 bridgehead atoms. The fourth-order valence-electron chi connectivity index (χ4n) is 1.82. The molecule has 0 aromatic carbocycles. The van der Waals surface area contributed by atoms with Crippen LogP contribution in [0.4, 0.5) is 5.82 Å². The lowest BCUT2D eigenvalue weighted by Gasteiger charge is -2.07. The zero-order valence-electron chi connectivity index (χ0n) is 11.8. The molecule has 2 N–H and O–H groups in total. The first kappa shape index (κ1) is 14.9. The second-order valence-electron chi connectivity index (χ2n) is 4.42. The van der Waals surface area contributed by atoms with Crippen molar-refractivity contribution in [2.75, 3.05) is 39.2 Å². The van der Waals surface area contributed by atoms with Gasteiger partial charge in [-0.1, -0.05) is 6.07 Å². The van der Waals surface area contributed by atoms with Crippen LogP contribution in [0.5, 0.6) is 0 Å². The summed E-state index contributed by atoms with van der Waals surface area (Å²) in [6.07, 6.45) is 3.38. The molecule has 0 aliphatic heterocycles. The Hall–Kier alpha value is -1.13. The Bertz CT molecular complexity index is 342. The van der Waals surface area contributed by atoms with Gasteiger partial charge >= 0.3 is 0 Å². The summed E-state index contributed by atoms with van der Waals surface area (Å²) in [6, 6.07) is 4.25. The maximum absolute atomic E-state index is 4.97. The summed E-state index contributed by atoms with van der Waals surface area (Å²) >= 11 is 0.